The summed E-state index contributed by atoms with van der Waals surface area (Å²) in [6.07, 6.45) is 2.97. The van der Waals surface area contributed by atoms with E-state index in [-0.39, 0.29) is 0 Å². The highest BCUT2D eigenvalue weighted by Gasteiger charge is 1.97. The number of anilines is 1. The van der Waals surface area contributed by atoms with Crippen molar-refractivity contribution in [3.8, 4) is 0 Å². The van der Waals surface area contributed by atoms with Crippen LogP contribution < -0.4 is 5.32 Å². The minimum absolute atomic E-state index is 0.468. The van der Waals surface area contributed by atoms with Gasteiger partial charge in [-0.05, 0) is 12.1 Å². The Morgan fingerprint density at radius 3 is 3.07 bits per heavy atom. The van der Waals surface area contributed by atoms with Crippen molar-refractivity contribution in [3.05, 3.63) is 41.7 Å². The highest BCUT2D eigenvalue weighted by Crippen LogP contribution is 2.09. The number of aromatic nitrogens is 2. The van der Waals surface area contributed by atoms with E-state index >= 15 is 0 Å². The van der Waals surface area contributed by atoms with Crippen molar-refractivity contribution in [1.29, 1.82) is 0 Å². The number of oxazole rings is 1. The number of pyridine rings is 1. The van der Waals surface area contributed by atoms with Gasteiger partial charge in [-0.3, -0.25) is 0 Å². The largest absolute Gasteiger partial charge is 0.451 e. The second-order valence-corrected chi connectivity index (χ2v) is 3.07. The zero-order valence-electron chi connectivity index (χ0n) is 7.27. The summed E-state index contributed by atoms with van der Waals surface area (Å²) >= 11 is 5.72. The monoisotopic (exact) mass is 209 g/mol. The lowest BCUT2D eigenvalue weighted by Crippen LogP contribution is -2.01. The molecule has 0 aliphatic rings. The van der Waals surface area contributed by atoms with Gasteiger partial charge in [-0.15, -0.1) is 0 Å². The molecule has 0 saturated heterocycles. The molecule has 0 amide bonds. The Balaban J connectivity index is 1.98. The lowest BCUT2D eigenvalue weighted by atomic mass is 10.4. The van der Waals surface area contributed by atoms with Crippen molar-refractivity contribution < 1.29 is 4.42 Å². The Hall–Kier alpha value is -1.55. The molecule has 72 valence electrons. The fourth-order valence-electron chi connectivity index (χ4n) is 1.01. The van der Waals surface area contributed by atoms with Gasteiger partial charge in [0.1, 0.15) is 17.2 Å². The first-order valence-corrected chi connectivity index (χ1v) is 4.46. The molecule has 5 heteroatoms. The molecule has 0 fully saturated rings. The fourth-order valence-corrected chi connectivity index (χ4v) is 1.18. The zero-order chi connectivity index (χ0) is 9.80. The third-order valence-corrected chi connectivity index (χ3v) is 1.86. The van der Waals surface area contributed by atoms with Crippen molar-refractivity contribution in [1.82, 2.24) is 9.97 Å². The average Bonchev–Trinajstić information content (AvgIpc) is 2.67. The molecule has 2 heterocycles. The Labute approximate surface area is 85.9 Å². The topological polar surface area (TPSA) is 51.0 Å². The van der Waals surface area contributed by atoms with Gasteiger partial charge in [-0.1, -0.05) is 17.7 Å². The van der Waals surface area contributed by atoms with E-state index in [0.29, 0.717) is 11.7 Å². The van der Waals surface area contributed by atoms with Crippen LogP contribution in [0.15, 0.2) is 35.3 Å². The molecule has 0 aliphatic carbocycles. The summed E-state index contributed by atoms with van der Waals surface area (Å²) in [6.45, 7) is 0.573. The van der Waals surface area contributed by atoms with Gasteiger partial charge in [0.05, 0.1) is 12.2 Å². The first kappa shape index (κ1) is 9.02. The average molecular weight is 210 g/mol. The van der Waals surface area contributed by atoms with Crippen LogP contribution in [0.2, 0.25) is 5.15 Å². The van der Waals surface area contributed by atoms with Crippen molar-refractivity contribution >= 4 is 17.4 Å². The number of halogens is 1. The molecule has 0 aliphatic heterocycles. The second-order valence-electron chi connectivity index (χ2n) is 2.68. The van der Waals surface area contributed by atoms with Crippen LogP contribution in [-0.2, 0) is 6.54 Å². The van der Waals surface area contributed by atoms with E-state index in [1.807, 2.05) is 12.1 Å². The lowest BCUT2D eigenvalue weighted by Gasteiger charge is -2.02. The number of hydrogen-bond donors (Lipinski definition) is 1. The molecule has 0 radical (unpaired) electrons. The fraction of sp³-hybridized carbons (Fsp3) is 0.111. The molecule has 14 heavy (non-hydrogen) atoms. The number of rotatable bonds is 3. The highest BCUT2D eigenvalue weighted by atomic mass is 35.5. The molecule has 2 aromatic rings. The van der Waals surface area contributed by atoms with Crippen molar-refractivity contribution in [2.24, 2.45) is 0 Å². The molecule has 4 nitrogen and oxygen atoms in total. The first-order chi connectivity index (χ1) is 6.84. The summed E-state index contributed by atoms with van der Waals surface area (Å²) < 4.78 is 4.83. The van der Waals surface area contributed by atoms with Crippen LogP contribution in [0.4, 0.5) is 5.82 Å². The molecule has 2 rings (SSSR count). The Bertz CT molecular complexity index is 402. The molecule has 0 saturated carbocycles. The normalized spacial score (nSPS) is 10.1. The summed E-state index contributed by atoms with van der Waals surface area (Å²) in [4.78, 5) is 8.03. The van der Waals surface area contributed by atoms with Crippen LogP contribution >= 0.6 is 11.6 Å². The van der Waals surface area contributed by atoms with E-state index in [9.17, 15) is 0 Å². The first-order valence-electron chi connectivity index (χ1n) is 4.08. The van der Waals surface area contributed by atoms with E-state index in [2.05, 4.69) is 15.3 Å². The molecule has 2 aromatic heterocycles. The van der Waals surface area contributed by atoms with Crippen LogP contribution in [0.3, 0.4) is 0 Å². The Morgan fingerprint density at radius 1 is 1.43 bits per heavy atom. The van der Waals surface area contributed by atoms with E-state index in [1.165, 1.54) is 6.39 Å². The maximum Gasteiger partial charge on any atom is 0.180 e. The maximum absolute atomic E-state index is 5.72. The minimum atomic E-state index is 0.468. The summed E-state index contributed by atoms with van der Waals surface area (Å²) in [5.74, 6) is 0.723. The summed E-state index contributed by atoms with van der Waals surface area (Å²) in [7, 11) is 0. The van der Waals surface area contributed by atoms with Gasteiger partial charge in [0.2, 0.25) is 0 Å². The van der Waals surface area contributed by atoms with Crippen molar-refractivity contribution in [3.63, 3.8) is 0 Å². The van der Waals surface area contributed by atoms with Crippen LogP contribution in [-0.4, -0.2) is 9.97 Å². The third kappa shape index (κ3) is 2.23. The van der Waals surface area contributed by atoms with Crippen LogP contribution in [0, 0.1) is 0 Å². The van der Waals surface area contributed by atoms with Gasteiger partial charge in [-0.2, -0.15) is 0 Å². The van der Waals surface area contributed by atoms with Gasteiger partial charge in [0.25, 0.3) is 0 Å². The van der Waals surface area contributed by atoms with Crippen LogP contribution in [0.25, 0.3) is 0 Å². The molecule has 0 aromatic carbocycles. The molecular weight excluding hydrogens is 202 g/mol. The highest BCUT2D eigenvalue weighted by molar-refractivity contribution is 6.29. The zero-order valence-corrected chi connectivity index (χ0v) is 8.03. The van der Waals surface area contributed by atoms with Gasteiger partial charge in [-0.25, -0.2) is 9.97 Å². The maximum atomic E-state index is 5.72. The molecule has 0 spiro atoms. The van der Waals surface area contributed by atoms with Crippen molar-refractivity contribution in [2.75, 3.05) is 5.32 Å². The Kier molecular flexibility index (Phi) is 2.65. The molecule has 1 N–H and O–H groups in total. The third-order valence-electron chi connectivity index (χ3n) is 1.65. The van der Waals surface area contributed by atoms with E-state index in [4.69, 9.17) is 16.0 Å². The summed E-state index contributed by atoms with van der Waals surface area (Å²) in [5.41, 5.74) is 0.826. The van der Waals surface area contributed by atoms with Gasteiger partial charge in [0, 0.05) is 0 Å². The number of nitrogens with zero attached hydrogens (tertiary/aromatic N) is 2. The van der Waals surface area contributed by atoms with E-state index in [0.717, 1.165) is 11.5 Å². The molecular formula is C9H8ClN3O. The molecule has 0 unspecified atom stereocenters. The smallest absolute Gasteiger partial charge is 0.180 e. The summed E-state index contributed by atoms with van der Waals surface area (Å²) in [5, 5.41) is 3.54. The number of hydrogen-bond acceptors (Lipinski definition) is 4. The lowest BCUT2D eigenvalue weighted by molar-refractivity contribution is 0.556. The predicted octanol–water partition coefficient (Wildman–Crippen LogP) is 2.34. The van der Waals surface area contributed by atoms with E-state index < -0.39 is 0 Å². The SMILES string of the molecule is Clc1cccc(NCc2cocn2)n1. The standard InChI is InChI=1S/C9H8ClN3O/c10-8-2-1-3-9(13-8)11-4-7-5-14-6-12-7/h1-3,5-6H,4H2,(H,11,13). The molecule has 0 atom stereocenters. The van der Waals surface area contributed by atoms with Gasteiger partial charge in [0.15, 0.2) is 6.39 Å². The second kappa shape index (κ2) is 4.11. The molecule has 0 bridgehead atoms. The quantitative estimate of drug-likeness (QED) is 0.789. The van der Waals surface area contributed by atoms with Crippen LogP contribution in [0.5, 0.6) is 0 Å². The van der Waals surface area contributed by atoms with Crippen molar-refractivity contribution in [2.45, 2.75) is 6.54 Å². The minimum Gasteiger partial charge on any atom is -0.451 e. The van der Waals surface area contributed by atoms with Gasteiger partial charge >= 0.3 is 0 Å². The van der Waals surface area contributed by atoms with E-state index in [1.54, 1.807) is 12.3 Å². The number of nitrogens with one attached hydrogen (secondary N) is 1. The Morgan fingerprint density at radius 2 is 2.36 bits per heavy atom. The predicted molar refractivity (Wildman–Crippen MR) is 53.1 cm³/mol. The van der Waals surface area contributed by atoms with Gasteiger partial charge < -0.3 is 9.73 Å². The summed E-state index contributed by atoms with van der Waals surface area (Å²) in [6, 6.07) is 5.40. The van der Waals surface area contributed by atoms with Crippen LogP contribution in [0.1, 0.15) is 5.69 Å².